The van der Waals surface area contributed by atoms with Gasteiger partial charge in [-0.1, -0.05) is 6.07 Å². The van der Waals surface area contributed by atoms with Crippen molar-refractivity contribution in [2.45, 2.75) is 26.4 Å². The number of fused-ring (bicyclic) bond motifs is 1. The predicted octanol–water partition coefficient (Wildman–Crippen LogP) is 3.02. The molecule has 0 bridgehead atoms. The molecule has 120 valence electrons. The second-order valence-corrected chi connectivity index (χ2v) is 6.03. The standard InChI is InChI=1S/C18H20N2O3/c1-11-9-15(12(2)23-11)18(3,22)10-20-17(21)14-5-4-6-16-13(14)7-8-19-16/h4-9,19,22H,10H2,1-3H3,(H,20,21). The number of aromatic amines is 1. The summed E-state index contributed by atoms with van der Waals surface area (Å²) in [6.45, 7) is 5.41. The van der Waals surface area contributed by atoms with E-state index in [2.05, 4.69) is 10.3 Å². The zero-order valence-electron chi connectivity index (χ0n) is 13.4. The zero-order chi connectivity index (χ0) is 16.6. The second-order valence-electron chi connectivity index (χ2n) is 6.03. The van der Waals surface area contributed by atoms with E-state index < -0.39 is 5.60 Å². The molecule has 0 fully saturated rings. The molecule has 2 aromatic heterocycles. The third-order valence-corrected chi connectivity index (χ3v) is 4.05. The summed E-state index contributed by atoms with van der Waals surface area (Å²) in [6.07, 6.45) is 1.80. The SMILES string of the molecule is Cc1cc(C(C)(O)CNC(=O)c2cccc3[nH]ccc23)c(C)o1. The van der Waals surface area contributed by atoms with Crippen molar-refractivity contribution in [3.63, 3.8) is 0 Å². The van der Waals surface area contributed by atoms with Gasteiger partial charge in [-0.2, -0.15) is 0 Å². The summed E-state index contributed by atoms with van der Waals surface area (Å²) >= 11 is 0. The van der Waals surface area contributed by atoms with Crippen LogP contribution in [0.3, 0.4) is 0 Å². The fourth-order valence-electron chi connectivity index (χ4n) is 2.89. The lowest BCUT2D eigenvalue weighted by Crippen LogP contribution is -2.38. The molecular formula is C18H20N2O3. The van der Waals surface area contributed by atoms with Crippen molar-refractivity contribution >= 4 is 16.8 Å². The van der Waals surface area contributed by atoms with Crippen molar-refractivity contribution in [1.29, 1.82) is 0 Å². The van der Waals surface area contributed by atoms with Crippen LogP contribution in [0.25, 0.3) is 10.9 Å². The molecule has 3 rings (SSSR count). The van der Waals surface area contributed by atoms with E-state index in [1.165, 1.54) is 0 Å². The van der Waals surface area contributed by atoms with E-state index in [4.69, 9.17) is 4.42 Å². The van der Waals surface area contributed by atoms with E-state index in [0.717, 1.165) is 16.7 Å². The number of hydrogen-bond donors (Lipinski definition) is 3. The van der Waals surface area contributed by atoms with Gasteiger partial charge in [-0.25, -0.2) is 0 Å². The molecule has 1 atom stereocenters. The molecule has 0 aliphatic carbocycles. The molecule has 5 nitrogen and oxygen atoms in total. The lowest BCUT2D eigenvalue weighted by atomic mass is 9.96. The number of rotatable bonds is 4. The maximum atomic E-state index is 12.5. The Morgan fingerprint density at radius 2 is 2.13 bits per heavy atom. The molecule has 0 saturated heterocycles. The number of carbonyl (C=O) groups is 1. The molecule has 2 heterocycles. The summed E-state index contributed by atoms with van der Waals surface area (Å²) in [7, 11) is 0. The normalized spacial score (nSPS) is 13.9. The topological polar surface area (TPSA) is 78.3 Å². The number of aromatic nitrogens is 1. The van der Waals surface area contributed by atoms with E-state index in [1.54, 1.807) is 32.2 Å². The maximum absolute atomic E-state index is 12.5. The van der Waals surface area contributed by atoms with E-state index in [9.17, 15) is 9.90 Å². The highest BCUT2D eigenvalue weighted by atomic mass is 16.3. The Morgan fingerprint density at radius 1 is 1.35 bits per heavy atom. The third-order valence-electron chi connectivity index (χ3n) is 4.05. The molecule has 0 aliphatic heterocycles. The van der Waals surface area contributed by atoms with E-state index in [-0.39, 0.29) is 12.5 Å². The number of hydrogen-bond acceptors (Lipinski definition) is 3. The third kappa shape index (κ3) is 2.87. The first kappa shape index (κ1) is 15.4. The summed E-state index contributed by atoms with van der Waals surface area (Å²) in [5.41, 5.74) is 0.990. The molecule has 5 heteroatoms. The molecular weight excluding hydrogens is 292 g/mol. The largest absolute Gasteiger partial charge is 0.466 e. The Kier molecular flexibility index (Phi) is 3.74. The fourth-order valence-corrected chi connectivity index (χ4v) is 2.89. The van der Waals surface area contributed by atoms with Gasteiger partial charge in [0.2, 0.25) is 0 Å². The minimum Gasteiger partial charge on any atom is -0.466 e. The van der Waals surface area contributed by atoms with Crippen molar-refractivity contribution < 1.29 is 14.3 Å². The summed E-state index contributed by atoms with van der Waals surface area (Å²) in [5, 5.41) is 14.3. The number of nitrogens with one attached hydrogen (secondary N) is 2. The highest BCUT2D eigenvalue weighted by Gasteiger charge is 2.28. The van der Waals surface area contributed by atoms with Gasteiger partial charge in [-0.05, 0) is 45.0 Å². The van der Waals surface area contributed by atoms with Crippen molar-refractivity contribution in [3.05, 3.63) is 59.2 Å². The van der Waals surface area contributed by atoms with E-state index in [0.29, 0.717) is 16.9 Å². The van der Waals surface area contributed by atoms with Crippen LogP contribution in [0.5, 0.6) is 0 Å². The Hall–Kier alpha value is -2.53. The molecule has 3 N–H and O–H groups in total. The molecule has 3 aromatic rings. The number of H-pyrrole nitrogens is 1. The van der Waals surface area contributed by atoms with Crippen LogP contribution < -0.4 is 5.32 Å². The van der Waals surface area contributed by atoms with Crippen molar-refractivity contribution in [3.8, 4) is 0 Å². The molecule has 23 heavy (non-hydrogen) atoms. The smallest absolute Gasteiger partial charge is 0.252 e. The van der Waals surface area contributed by atoms with E-state index >= 15 is 0 Å². The predicted molar refractivity (Wildman–Crippen MR) is 88.4 cm³/mol. The summed E-state index contributed by atoms with van der Waals surface area (Å²) in [6, 6.07) is 9.18. The number of aliphatic hydroxyl groups is 1. The van der Waals surface area contributed by atoms with Crippen LogP contribution in [0, 0.1) is 13.8 Å². The van der Waals surface area contributed by atoms with Crippen molar-refractivity contribution in [1.82, 2.24) is 10.3 Å². The second kappa shape index (κ2) is 5.59. The summed E-state index contributed by atoms with van der Waals surface area (Å²) in [5.74, 6) is 1.18. The molecule has 0 saturated carbocycles. The minimum atomic E-state index is -1.19. The van der Waals surface area contributed by atoms with Gasteiger partial charge in [-0.15, -0.1) is 0 Å². The van der Waals surface area contributed by atoms with Gasteiger partial charge in [0.05, 0.1) is 6.54 Å². The van der Waals surface area contributed by atoms with Crippen LogP contribution >= 0.6 is 0 Å². The van der Waals surface area contributed by atoms with Gasteiger partial charge < -0.3 is 19.8 Å². The van der Waals surface area contributed by atoms with Gasteiger partial charge in [0, 0.05) is 28.2 Å². The van der Waals surface area contributed by atoms with Gasteiger partial charge in [-0.3, -0.25) is 4.79 Å². The average molecular weight is 312 g/mol. The summed E-state index contributed by atoms with van der Waals surface area (Å²) < 4.78 is 5.46. The number of benzene rings is 1. The molecule has 0 aliphatic rings. The van der Waals surface area contributed by atoms with Crippen LogP contribution in [-0.4, -0.2) is 22.5 Å². The van der Waals surface area contributed by atoms with Crippen LogP contribution in [0.4, 0.5) is 0 Å². The highest BCUT2D eigenvalue weighted by Crippen LogP contribution is 2.26. The first-order valence-corrected chi connectivity index (χ1v) is 7.53. The first-order chi connectivity index (χ1) is 10.9. The lowest BCUT2D eigenvalue weighted by molar-refractivity contribution is 0.0514. The summed E-state index contributed by atoms with van der Waals surface area (Å²) in [4.78, 5) is 15.5. The molecule has 0 radical (unpaired) electrons. The maximum Gasteiger partial charge on any atom is 0.252 e. The number of furan rings is 1. The number of amides is 1. The molecule has 1 amide bonds. The molecule has 0 spiro atoms. The molecule has 1 unspecified atom stereocenters. The number of aryl methyl sites for hydroxylation is 2. The Bertz CT molecular complexity index is 858. The van der Waals surface area contributed by atoms with Gasteiger partial charge in [0.25, 0.3) is 5.91 Å². The Labute approximate surface area is 134 Å². The Morgan fingerprint density at radius 3 is 2.83 bits per heavy atom. The zero-order valence-corrected chi connectivity index (χ0v) is 13.4. The van der Waals surface area contributed by atoms with Gasteiger partial charge >= 0.3 is 0 Å². The van der Waals surface area contributed by atoms with Crippen molar-refractivity contribution in [2.24, 2.45) is 0 Å². The Balaban J connectivity index is 1.78. The van der Waals surface area contributed by atoms with Crippen LogP contribution in [0.15, 0.2) is 40.9 Å². The highest BCUT2D eigenvalue weighted by molar-refractivity contribution is 6.06. The average Bonchev–Trinajstić information content (AvgIpc) is 3.10. The lowest BCUT2D eigenvalue weighted by Gasteiger charge is -2.23. The first-order valence-electron chi connectivity index (χ1n) is 7.53. The quantitative estimate of drug-likeness (QED) is 0.693. The van der Waals surface area contributed by atoms with Crippen LogP contribution in [0.2, 0.25) is 0 Å². The van der Waals surface area contributed by atoms with E-state index in [1.807, 2.05) is 25.1 Å². The minimum absolute atomic E-state index is 0.104. The monoisotopic (exact) mass is 312 g/mol. The van der Waals surface area contributed by atoms with Crippen LogP contribution in [0.1, 0.15) is 34.4 Å². The van der Waals surface area contributed by atoms with Gasteiger partial charge in [0.1, 0.15) is 17.1 Å². The fraction of sp³-hybridized carbons (Fsp3) is 0.278. The molecule has 1 aromatic carbocycles. The van der Waals surface area contributed by atoms with Crippen LogP contribution in [-0.2, 0) is 5.60 Å². The number of carbonyl (C=O) groups excluding carboxylic acids is 1. The van der Waals surface area contributed by atoms with Crippen molar-refractivity contribution in [2.75, 3.05) is 6.54 Å². The van der Waals surface area contributed by atoms with Gasteiger partial charge in [0.15, 0.2) is 0 Å².